The van der Waals surface area contributed by atoms with Gasteiger partial charge in [-0.15, -0.1) is 0 Å². The molecule has 130 valence electrons. The van der Waals surface area contributed by atoms with Gasteiger partial charge in [0.25, 0.3) is 0 Å². The summed E-state index contributed by atoms with van der Waals surface area (Å²) in [6, 6.07) is 6.16. The third kappa shape index (κ3) is 3.57. The van der Waals surface area contributed by atoms with Crippen LogP contribution < -0.4 is 5.32 Å². The van der Waals surface area contributed by atoms with Crippen molar-refractivity contribution in [1.29, 1.82) is 0 Å². The summed E-state index contributed by atoms with van der Waals surface area (Å²) < 4.78 is 30.2. The molecule has 0 unspecified atom stereocenters. The summed E-state index contributed by atoms with van der Waals surface area (Å²) in [6.45, 7) is 0.320. The largest absolute Gasteiger partial charge is 0.394 e. The molecule has 2 N–H and O–H groups in total. The highest BCUT2D eigenvalue weighted by atomic mass is 19.1. The number of rotatable bonds is 6. The molecule has 0 aliphatic heterocycles. The zero-order valence-electron chi connectivity index (χ0n) is 13.7. The standard InChI is InChI=1S/C18H18F2N4O/c1-21-10-14-16(19)8-13(9-17(14)20)15-11-24(6-7-25)23-18(15)12-2-4-22-5-3-12/h2-5,8-9,11,21,25H,6-7,10H2,1H3. The Morgan fingerprint density at radius 3 is 2.40 bits per heavy atom. The average molecular weight is 344 g/mol. The minimum atomic E-state index is -0.611. The molecule has 25 heavy (non-hydrogen) atoms. The maximum atomic E-state index is 14.3. The molecule has 2 aromatic heterocycles. The first-order valence-electron chi connectivity index (χ1n) is 7.85. The van der Waals surface area contributed by atoms with Gasteiger partial charge in [0.15, 0.2) is 0 Å². The van der Waals surface area contributed by atoms with Crippen molar-refractivity contribution < 1.29 is 13.9 Å². The Hall–Kier alpha value is -2.64. The average Bonchev–Trinajstić information content (AvgIpc) is 3.03. The van der Waals surface area contributed by atoms with Crippen LogP contribution in [0.3, 0.4) is 0 Å². The fraction of sp³-hybridized carbons (Fsp3) is 0.222. The maximum absolute atomic E-state index is 14.3. The number of aromatic nitrogens is 3. The van der Waals surface area contributed by atoms with E-state index in [9.17, 15) is 8.78 Å². The van der Waals surface area contributed by atoms with Crippen LogP contribution in [0.2, 0.25) is 0 Å². The molecular formula is C18H18F2N4O. The lowest BCUT2D eigenvalue weighted by molar-refractivity contribution is 0.269. The first-order valence-corrected chi connectivity index (χ1v) is 7.85. The Balaban J connectivity index is 2.13. The third-order valence-electron chi connectivity index (χ3n) is 3.85. The molecule has 0 radical (unpaired) electrons. The first kappa shape index (κ1) is 17.2. The van der Waals surface area contributed by atoms with Crippen LogP contribution in [0.4, 0.5) is 8.78 Å². The van der Waals surface area contributed by atoms with Gasteiger partial charge in [-0.3, -0.25) is 9.67 Å². The van der Waals surface area contributed by atoms with Crippen LogP contribution in [-0.4, -0.2) is 33.5 Å². The zero-order chi connectivity index (χ0) is 17.8. The maximum Gasteiger partial charge on any atom is 0.131 e. The minimum absolute atomic E-state index is 0.000499. The van der Waals surface area contributed by atoms with E-state index in [4.69, 9.17) is 5.11 Å². The summed E-state index contributed by atoms with van der Waals surface area (Å²) in [5.74, 6) is -1.22. The highest BCUT2D eigenvalue weighted by Gasteiger charge is 2.17. The molecule has 0 amide bonds. The lowest BCUT2D eigenvalue weighted by Crippen LogP contribution is -2.09. The van der Waals surface area contributed by atoms with E-state index in [1.54, 1.807) is 42.5 Å². The molecule has 0 bridgehead atoms. The number of nitrogens with one attached hydrogen (secondary N) is 1. The van der Waals surface area contributed by atoms with Crippen LogP contribution in [0.5, 0.6) is 0 Å². The number of aliphatic hydroxyl groups excluding tert-OH is 1. The van der Waals surface area contributed by atoms with Crippen LogP contribution >= 0.6 is 0 Å². The van der Waals surface area contributed by atoms with Gasteiger partial charge in [0.2, 0.25) is 0 Å². The van der Waals surface area contributed by atoms with E-state index in [-0.39, 0.29) is 18.7 Å². The van der Waals surface area contributed by atoms with Crippen molar-refractivity contribution in [3.8, 4) is 22.4 Å². The van der Waals surface area contributed by atoms with E-state index in [0.717, 1.165) is 5.56 Å². The van der Waals surface area contributed by atoms with Gasteiger partial charge in [-0.2, -0.15) is 5.10 Å². The Morgan fingerprint density at radius 2 is 1.80 bits per heavy atom. The van der Waals surface area contributed by atoms with Crippen LogP contribution in [0.25, 0.3) is 22.4 Å². The molecule has 3 aromatic rings. The van der Waals surface area contributed by atoms with E-state index >= 15 is 0 Å². The molecule has 0 aliphatic rings. The SMILES string of the molecule is CNCc1c(F)cc(-c2cn(CCO)nc2-c2ccncc2)cc1F. The minimum Gasteiger partial charge on any atom is -0.394 e. The number of hydrogen-bond donors (Lipinski definition) is 2. The Bertz CT molecular complexity index is 842. The summed E-state index contributed by atoms with van der Waals surface area (Å²) in [6.07, 6.45) is 4.93. The number of aliphatic hydroxyl groups is 1. The first-order chi connectivity index (χ1) is 12.1. The predicted molar refractivity (Wildman–Crippen MR) is 90.7 cm³/mol. The lowest BCUT2D eigenvalue weighted by atomic mass is 10.0. The summed E-state index contributed by atoms with van der Waals surface area (Å²) in [7, 11) is 1.63. The molecule has 0 saturated carbocycles. The fourth-order valence-electron chi connectivity index (χ4n) is 2.68. The molecule has 2 heterocycles. The highest BCUT2D eigenvalue weighted by Crippen LogP contribution is 2.32. The summed E-state index contributed by atoms with van der Waals surface area (Å²) >= 11 is 0. The quantitative estimate of drug-likeness (QED) is 0.722. The second-order valence-corrected chi connectivity index (χ2v) is 5.56. The molecule has 0 saturated heterocycles. The molecular weight excluding hydrogens is 326 g/mol. The van der Waals surface area contributed by atoms with E-state index in [1.165, 1.54) is 12.1 Å². The lowest BCUT2D eigenvalue weighted by Gasteiger charge is -2.08. The van der Waals surface area contributed by atoms with E-state index in [1.807, 2.05) is 0 Å². The Morgan fingerprint density at radius 1 is 1.12 bits per heavy atom. The number of hydrogen-bond acceptors (Lipinski definition) is 4. The van der Waals surface area contributed by atoms with E-state index < -0.39 is 11.6 Å². The number of nitrogens with zero attached hydrogens (tertiary/aromatic N) is 3. The van der Waals surface area contributed by atoms with Crippen molar-refractivity contribution in [2.45, 2.75) is 13.1 Å². The van der Waals surface area contributed by atoms with Gasteiger partial charge in [-0.1, -0.05) is 0 Å². The van der Waals surface area contributed by atoms with E-state index in [2.05, 4.69) is 15.4 Å². The van der Waals surface area contributed by atoms with Gasteiger partial charge >= 0.3 is 0 Å². The van der Waals surface area contributed by atoms with Crippen LogP contribution in [0.1, 0.15) is 5.56 Å². The van der Waals surface area contributed by atoms with Gasteiger partial charge in [-0.25, -0.2) is 8.78 Å². The third-order valence-corrected chi connectivity index (χ3v) is 3.85. The van der Waals surface area contributed by atoms with Crippen molar-refractivity contribution >= 4 is 0 Å². The van der Waals surface area contributed by atoms with Crippen LogP contribution in [-0.2, 0) is 13.1 Å². The molecule has 0 fully saturated rings. The Labute approximate surface area is 144 Å². The molecule has 0 aliphatic carbocycles. The van der Waals surface area contributed by atoms with Crippen LogP contribution in [0, 0.1) is 11.6 Å². The molecule has 1 aromatic carbocycles. The second kappa shape index (κ2) is 7.50. The smallest absolute Gasteiger partial charge is 0.131 e. The van der Waals surface area contributed by atoms with E-state index in [0.29, 0.717) is 23.4 Å². The van der Waals surface area contributed by atoms with Crippen molar-refractivity contribution in [2.75, 3.05) is 13.7 Å². The van der Waals surface area contributed by atoms with Gasteiger partial charge in [-0.05, 0) is 36.9 Å². The summed E-state index contributed by atoms with van der Waals surface area (Å²) in [5, 5.41) is 16.3. The fourth-order valence-corrected chi connectivity index (χ4v) is 2.68. The summed E-state index contributed by atoms with van der Waals surface area (Å²) in [4.78, 5) is 3.98. The number of halogens is 2. The van der Waals surface area contributed by atoms with Crippen LogP contribution in [0.15, 0.2) is 42.9 Å². The van der Waals surface area contributed by atoms with Gasteiger partial charge in [0.1, 0.15) is 17.3 Å². The van der Waals surface area contributed by atoms with Gasteiger partial charge < -0.3 is 10.4 Å². The van der Waals surface area contributed by atoms with Gasteiger partial charge in [0.05, 0.1) is 13.2 Å². The number of benzene rings is 1. The van der Waals surface area contributed by atoms with Crippen molar-refractivity contribution in [3.63, 3.8) is 0 Å². The second-order valence-electron chi connectivity index (χ2n) is 5.56. The topological polar surface area (TPSA) is 63.0 Å². The van der Waals surface area contributed by atoms with Crippen molar-refractivity contribution in [2.24, 2.45) is 0 Å². The molecule has 0 atom stereocenters. The zero-order valence-corrected chi connectivity index (χ0v) is 13.7. The monoisotopic (exact) mass is 344 g/mol. The molecule has 5 nitrogen and oxygen atoms in total. The predicted octanol–water partition coefficient (Wildman–Crippen LogP) is 2.60. The Kier molecular flexibility index (Phi) is 5.16. The molecule has 3 rings (SSSR count). The highest BCUT2D eigenvalue weighted by molar-refractivity contribution is 5.80. The molecule has 0 spiro atoms. The van der Waals surface area contributed by atoms with Crippen molar-refractivity contribution in [1.82, 2.24) is 20.1 Å². The van der Waals surface area contributed by atoms with Crippen molar-refractivity contribution in [3.05, 3.63) is 60.1 Å². The summed E-state index contributed by atoms with van der Waals surface area (Å²) in [5.41, 5.74) is 2.34. The normalized spacial score (nSPS) is 11.0. The molecule has 7 heteroatoms. The van der Waals surface area contributed by atoms with Gasteiger partial charge in [0, 0.05) is 41.8 Å². The number of pyridine rings is 1.